The van der Waals surface area contributed by atoms with E-state index in [-0.39, 0.29) is 22.3 Å². The highest BCUT2D eigenvalue weighted by Gasteiger charge is 2.25. The second-order valence-corrected chi connectivity index (χ2v) is 9.18. The van der Waals surface area contributed by atoms with Gasteiger partial charge < -0.3 is 14.6 Å². The van der Waals surface area contributed by atoms with Gasteiger partial charge in [0.15, 0.2) is 0 Å². The molecule has 0 spiro atoms. The molecule has 0 bridgehead atoms. The van der Waals surface area contributed by atoms with Gasteiger partial charge in [-0.2, -0.15) is 0 Å². The molecule has 10 heteroatoms. The number of hydrogen-bond acceptors (Lipinski definition) is 5. The van der Waals surface area contributed by atoms with Crippen molar-refractivity contribution in [1.82, 2.24) is 19.6 Å². The molecule has 1 atom stereocenters. The van der Waals surface area contributed by atoms with Crippen molar-refractivity contribution in [2.24, 2.45) is 7.05 Å². The zero-order valence-corrected chi connectivity index (χ0v) is 19.0. The molecule has 0 aliphatic carbocycles. The van der Waals surface area contributed by atoms with Gasteiger partial charge in [-0.1, -0.05) is 12.1 Å². The van der Waals surface area contributed by atoms with Gasteiger partial charge >= 0.3 is 0 Å². The maximum absolute atomic E-state index is 13.9. The highest BCUT2D eigenvalue weighted by atomic mass is 32.2. The highest BCUT2D eigenvalue weighted by Crippen LogP contribution is 2.26. The SMILES string of the molecule is COc1ccc(C(=O)NC(c2cccc(F)c2)c2nccn2C)cc1S(=O)(=O)NC(C)C. The first-order valence-electron chi connectivity index (χ1n) is 9.86. The summed E-state index contributed by atoms with van der Waals surface area (Å²) in [6.07, 6.45) is 3.28. The molecule has 3 rings (SSSR count). The standard InChI is InChI=1S/C22H25FN4O4S/c1-14(2)26-32(29,30)19-13-16(8-9-18(19)31-4)22(28)25-20(21-24-10-11-27(21)3)15-6-5-7-17(23)12-15/h5-14,20,26H,1-4H3,(H,25,28). The van der Waals surface area contributed by atoms with E-state index in [1.165, 1.54) is 37.4 Å². The summed E-state index contributed by atoms with van der Waals surface area (Å²) in [4.78, 5) is 17.3. The van der Waals surface area contributed by atoms with Gasteiger partial charge in [-0.05, 0) is 49.7 Å². The molecule has 0 saturated carbocycles. The summed E-state index contributed by atoms with van der Waals surface area (Å²) in [5, 5.41) is 2.83. The summed E-state index contributed by atoms with van der Waals surface area (Å²) in [6, 6.07) is 8.88. The van der Waals surface area contributed by atoms with Crippen molar-refractivity contribution >= 4 is 15.9 Å². The number of aryl methyl sites for hydroxylation is 1. The van der Waals surface area contributed by atoms with E-state index >= 15 is 0 Å². The lowest BCUT2D eigenvalue weighted by Crippen LogP contribution is -2.32. The molecule has 0 radical (unpaired) electrons. The topological polar surface area (TPSA) is 102 Å². The molecule has 2 N–H and O–H groups in total. The number of amides is 1. The average molecular weight is 461 g/mol. The van der Waals surface area contributed by atoms with Crippen LogP contribution in [0.15, 0.2) is 59.8 Å². The third kappa shape index (κ3) is 5.14. The van der Waals surface area contributed by atoms with Crippen LogP contribution < -0.4 is 14.8 Å². The maximum atomic E-state index is 13.9. The molecule has 1 unspecified atom stereocenters. The summed E-state index contributed by atoms with van der Waals surface area (Å²) in [7, 11) is -0.803. The second-order valence-electron chi connectivity index (χ2n) is 7.50. The molecule has 32 heavy (non-hydrogen) atoms. The van der Waals surface area contributed by atoms with Crippen LogP contribution in [0.25, 0.3) is 0 Å². The number of carbonyl (C=O) groups excluding carboxylic acids is 1. The van der Waals surface area contributed by atoms with Gasteiger partial charge in [-0.3, -0.25) is 4.79 Å². The van der Waals surface area contributed by atoms with Crippen molar-refractivity contribution in [1.29, 1.82) is 0 Å². The molecule has 170 valence electrons. The molecule has 0 aliphatic heterocycles. The summed E-state index contributed by atoms with van der Waals surface area (Å²) < 4.78 is 48.7. The van der Waals surface area contributed by atoms with Crippen LogP contribution in [0, 0.1) is 5.82 Å². The predicted molar refractivity (Wildman–Crippen MR) is 117 cm³/mol. The van der Waals surface area contributed by atoms with Gasteiger partial charge in [0.25, 0.3) is 5.91 Å². The Kier molecular flexibility index (Phi) is 6.95. The number of ether oxygens (including phenoxy) is 1. The van der Waals surface area contributed by atoms with Gasteiger partial charge in [0, 0.05) is 31.0 Å². The number of methoxy groups -OCH3 is 1. The predicted octanol–water partition coefficient (Wildman–Crippen LogP) is 2.77. The lowest BCUT2D eigenvalue weighted by molar-refractivity contribution is 0.0940. The number of rotatable bonds is 8. The minimum atomic E-state index is -3.92. The zero-order chi connectivity index (χ0) is 23.5. The Hall–Kier alpha value is -3.24. The van der Waals surface area contributed by atoms with Crippen LogP contribution in [0.1, 0.15) is 41.6 Å². The lowest BCUT2D eigenvalue weighted by atomic mass is 10.0. The number of sulfonamides is 1. The van der Waals surface area contributed by atoms with Gasteiger partial charge in [-0.25, -0.2) is 22.5 Å². The van der Waals surface area contributed by atoms with Crippen LogP contribution in [0.4, 0.5) is 4.39 Å². The van der Waals surface area contributed by atoms with Crippen molar-refractivity contribution in [2.45, 2.75) is 30.8 Å². The fourth-order valence-corrected chi connectivity index (χ4v) is 4.70. The number of aromatic nitrogens is 2. The van der Waals surface area contributed by atoms with Crippen molar-refractivity contribution in [2.75, 3.05) is 7.11 Å². The molecule has 1 amide bonds. The van der Waals surface area contributed by atoms with E-state index in [9.17, 15) is 17.6 Å². The Morgan fingerprint density at radius 1 is 1.19 bits per heavy atom. The summed E-state index contributed by atoms with van der Waals surface area (Å²) in [6.45, 7) is 3.38. The minimum Gasteiger partial charge on any atom is -0.495 e. The average Bonchev–Trinajstić information content (AvgIpc) is 3.16. The van der Waals surface area contributed by atoms with E-state index in [2.05, 4.69) is 15.0 Å². The Morgan fingerprint density at radius 3 is 2.53 bits per heavy atom. The number of nitrogens with zero attached hydrogens (tertiary/aromatic N) is 2. The van der Waals surface area contributed by atoms with Crippen LogP contribution in [0.3, 0.4) is 0 Å². The monoisotopic (exact) mass is 460 g/mol. The first-order chi connectivity index (χ1) is 15.1. The number of imidazole rings is 1. The van der Waals surface area contributed by atoms with E-state index < -0.39 is 27.8 Å². The van der Waals surface area contributed by atoms with Crippen LogP contribution >= 0.6 is 0 Å². The Bertz CT molecular complexity index is 1220. The maximum Gasteiger partial charge on any atom is 0.252 e. The van der Waals surface area contributed by atoms with Crippen LogP contribution in [-0.2, 0) is 17.1 Å². The Balaban J connectivity index is 2.00. The largest absolute Gasteiger partial charge is 0.495 e. The first-order valence-corrected chi connectivity index (χ1v) is 11.3. The molecule has 8 nitrogen and oxygen atoms in total. The molecule has 1 heterocycles. The number of halogens is 1. The van der Waals surface area contributed by atoms with Crippen LogP contribution in [0.2, 0.25) is 0 Å². The third-order valence-electron chi connectivity index (χ3n) is 4.68. The minimum absolute atomic E-state index is 0.102. The first kappa shape index (κ1) is 23.4. The van der Waals surface area contributed by atoms with Gasteiger partial charge in [-0.15, -0.1) is 0 Å². The Morgan fingerprint density at radius 2 is 1.94 bits per heavy atom. The zero-order valence-electron chi connectivity index (χ0n) is 18.2. The molecular weight excluding hydrogens is 435 g/mol. The number of hydrogen-bond donors (Lipinski definition) is 2. The molecule has 0 aliphatic rings. The molecule has 2 aromatic carbocycles. The van der Waals surface area contributed by atoms with Crippen molar-refractivity contribution < 1.29 is 22.3 Å². The quantitative estimate of drug-likeness (QED) is 0.538. The molecular formula is C22H25FN4O4S. The molecule has 3 aromatic rings. The van der Waals surface area contributed by atoms with E-state index in [4.69, 9.17) is 4.74 Å². The normalized spacial score (nSPS) is 12.6. The van der Waals surface area contributed by atoms with Gasteiger partial charge in [0.05, 0.1) is 7.11 Å². The summed E-state index contributed by atoms with van der Waals surface area (Å²) in [5.74, 6) is -0.397. The summed E-state index contributed by atoms with van der Waals surface area (Å²) in [5.41, 5.74) is 0.598. The van der Waals surface area contributed by atoms with Crippen molar-refractivity contribution in [3.63, 3.8) is 0 Å². The molecule has 0 fully saturated rings. The van der Waals surface area contributed by atoms with E-state index in [0.29, 0.717) is 11.4 Å². The smallest absolute Gasteiger partial charge is 0.252 e. The van der Waals surface area contributed by atoms with Gasteiger partial charge in [0.2, 0.25) is 10.0 Å². The highest BCUT2D eigenvalue weighted by molar-refractivity contribution is 7.89. The number of carbonyl (C=O) groups is 1. The van der Waals surface area contributed by atoms with Crippen molar-refractivity contribution in [3.05, 3.63) is 77.6 Å². The molecule has 0 saturated heterocycles. The van der Waals surface area contributed by atoms with Gasteiger partial charge in [0.1, 0.15) is 28.3 Å². The van der Waals surface area contributed by atoms with Crippen molar-refractivity contribution in [3.8, 4) is 5.75 Å². The lowest BCUT2D eigenvalue weighted by Gasteiger charge is -2.20. The fraction of sp³-hybridized carbons (Fsp3) is 0.273. The summed E-state index contributed by atoms with van der Waals surface area (Å²) >= 11 is 0. The van der Waals surface area contributed by atoms with E-state index in [1.807, 2.05) is 0 Å². The van der Waals surface area contributed by atoms with E-state index in [0.717, 1.165) is 0 Å². The Labute approximate surface area is 186 Å². The third-order valence-corrected chi connectivity index (χ3v) is 6.36. The number of benzene rings is 2. The van der Waals surface area contributed by atoms with Crippen LogP contribution in [-0.4, -0.2) is 37.0 Å². The fourth-order valence-electron chi connectivity index (χ4n) is 3.25. The number of nitrogens with one attached hydrogen (secondary N) is 2. The van der Waals surface area contributed by atoms with Crippen LogP contribution in [0.5, 0.6) is 5.75 Å². The van der Waals surface area contributed by atoms with E-state index in [1.54, 1.807) is 50.0 Å². The second kappa shape index (κ2) is 9.49. The molecule has 1 aromatic heterocycles.